The summed E-state index contributed by atoms with van der Waals surface area (Å²) in [6, 6.07) is 6.88. The van der Waals surface area contributed by atoms with Gasteiger partial charge in [-0.25, -0.2) is 0 Å². The summed E-state index contributed by atoms with van der Waals surface area (Å²) in [7, 11) is 14.3. The molecular weight excluding hydrogens is 600 g/mol. The minimum absolute atomic E-state index is 0.218. The zero-order chi connectivity index (χ0) is 22.5. The van der Waals surface area contributed by atoms with Crippen LogP contribution in [-0.2, 0) is 112 Å². The molecule has 4 rings (SSSR count). The molecule has 31 heavy (non-hydrogen) atoms. The minimum atomic E-state index is -0.254. The molecule has 0 N–H and O–H groups in total. The maximum Gasteiger partial charge on any atom is 0.494 e. The molecule has 0 spiro atoms. The number of rotatable bonds is 1. The lowest BCUT2D eigenvalue weighted by Crippen LogP contribution is -2.41. The van der Waals surface area contributed by atoms with Gasteiger partial charge in [0, 0.05) is 102 Å². The zero-order valence-corrected chi connectivity index (χ0v) is 26.4. The van der Waals surface area contributed by atoms with Gasteiger partial charge in [0.2, 0.25) is 0 Å². The second-order valence-electron chi connectivity index (χ2n) is 8.30. The Morgan fingerprint density at radius 3 is 1.77 bits per heavy atom. The minimum Gasteiger partial charge on any atom is -0.399 e. The molecule has 3 aliphatic rings. The molecule has 1 heterocycles. The van der Waals surface area contributed by atoms with Crippen molar-refractivity contribution in [3.8, 4) is 0 Å². The number of hydrogen-bond acceptors (Lipinski definition) is 4. The van der Waals surface area contributed by atoms with Gasteiger partial charge >= 0.3 is 7.12 Å². The van der Waals surface area contributed by atoms with Gasteiger partial charge < -0.3 is 9.31 Å². The lowest BCUT2D eigenvalue weighted by Gasteiger charge is -2.32. The van der Waals surface area contributed by atoms with E-state index in [1.54, 1.807) is 73.3 Å². The third kappa shape index (κ3) is 7.08. The Balaban J connectivity index is 0.000000214. The largest absolute Gasteiger partial charge is 0.494 e. The van der Waals surface area contributed by atoms with Crippen molar-refractivity contribution in [3.63, 3.8) is 0 Å². The van der Waals surface area contributed by atoms with Crippen LogP contribution in [0.5, 0.6) is 0 Å². The van der Waals surface area contributed by atoms with E-state index in [2.05, 4.69) is 68.3 Å². The molecule has 0 radical (unpaired) electrons. The molecule has 14 heteroatoms. The van der Waals surface area contributed by atoms with Gasteiger partial charge in [0.1, 0.15) is 0 Å². The fraction of sp³-hybridized carbons (Fsp3) is 0.647. The second kappa shape index (κ2) is 12.5. The summed E-state index contributed by atoms with van der Waals surface area (Å²) < 4.78 is 12.3. The highest BCUT2D eigenvalue weighted by Crippen LogP contribution is 2.52. The van der Waals surface area contributed by atoms with Gasteiger partial charge in [-0.2, -0.15) is 0 Å². The zero-order valence-electron chi connectivity index (χ0n) is 17.4. The fourth-order valence-electron chi connectivity index (χ4n) is 4.07. The highest BCUT2D eigenvalue weighted by Gasteiger charge is 2.52. The van der Waals surface area contributed by atoms with Crippen LogP contribution in [0.25, 0.3) is 0 Å². The van der Waals surface area contributed by atoms with Gasteiger partial charge in [-0.05, 0) is 75.4 Å². The van der Waals surface area contributed by atoms with Crippen LogP contribution in [0.15, 0.2) is 18.2 Å². The van der Waals surface area contributed by atoms with Crippen molar-refractivity contribution in [2.75, 3.05) is 0 Å². The topological polar surface area (TPSA) is 18.5 Å². The molecule has 2 atom stereocenters. The van der Waals surface area contributed by atoms with E-state index in [4.69, 9.17) is 9.31 Å². The third-order valence-corrected chi connectivity index (χ3v) is 23.9. The SMILES string of the molecule is CC1(C)OB(c2ccc3c(c2)C2CCC3C2)OC1(C)C.S=S=S=S=S=S=S=S=S=S=S. The summed E-state index contributed by atoms with van der Waals surface area (Å²) >= 11 is 9.35. The number of benzene rings is 1. The first-order valence-electron chi connectivity index (χ1n) is 9.53. The standard InChI is InChI=1S/C17H23BO2.S11/c1-16(2)17(3,4)20-18(19-16)13-7-8-14-11-5-6-12(9-11)15(14)10-13;1-3-5-7-9-11-10-8-6-4-2/h7-8,10-12H,5-6,9H2,1-4H3;. The van der Waals surface area contributed by atoms with Crippen molar-refractivity contribution in [1.82, 2.24) is 0 Å². The first-order chi connectivity index (χ1) is 14.8. The van der Waals surface area contributed by atoms with Gasteiger partial charge in [0.15, 0.2) is 0 Å². The fourth-order valence-corrected chi connectivity index (χ4v) is 23.3. The highest BCUT2D eigenvalue weighted by atomic mass is 33.4. The Labute approximate surface area is 221 Å². The van der Waals surface area contributed by atoms with Gasteiger partial charge in [-0.15, -0.1) is 0 Å². The molecule has 1 saturated carbocycles. The summed E-state index contributed by atoms with van der Waals surface area (Å²) in [5.41, 5.74) is 3.83. The molecule has 2 bridgehead atoms. The molecule has 2 aliphatic carbocycles. The van der Waals surface area contributed by atoms with Crippen molar-refractivity contribution >= 4 is 115 Å². The molecule has 1 aromatic rings. The van der Waals surface area contributed by atoms with E-state index in [0.29, 0.717) is 0 Å². The van der Waals surface area contributed by atoms with Crippen LogP contribution >= 0.6 is 0 Å². The van der Waals surface area contributed by atoms with Crippen LogP contribution in [0, 0.1) is 0 Å². The average Bonchev–Trinajstić information content (AvgIpc) is 3.40. The monoisotopic (exact) mass is 622 g/mol. The maximum absolute atomic E-state index is 6.17. The molecule has 0 aromatic heterocycles. The van der Waals surface area contributed by atoms with Crippen LogP contribution in [0.4, 0.5) is 0 Å². The van der Waals surface area contributed by atoms with Gasteiger partial charge in [-0.1, -0.05) is 18.2 Å². The highest BCUT2D eigenvalue weighted by molar-refractivity contribution is 8.74. The van der Waals surface area contributed by atoms with E-state index in [-0.39, 0.29) is 18.3 Å². The number of fused-ring (bicyclic) bond motifs is 5. The number of hydrogen-bond donors (Lipinski definition) is 0. The molecule has 1 saturated heterocycles. The Morgan fingerprint density at radius 1 is 0.774 bits per heavy atom. The van der Waals surface area contributed by atoms with E-state index in [9.17, 15) is 0 Å². The lowest BCUT2D eigenvalue weighted by atomic mass is 9.76. The van der Waals surface area contributed by atoms with Gasteiger partial charge in [0.25, 0.3) is 0 Å². The molecule has 2 fully saturated rings. The van der Waals surface area contributed by atoms with Crippen LogP contribution < -0.4 is 5.46 Å². The summed E-state index contributed by atoms with van der Waals surface area (Å²) in [5, 5.41) is 0. The van der Waals surface area contributed by atoms with Crippen molar-refractivity contribution in [2.45, 2.75) is 70.0 Å². The van der Waals surface area contributed by atoms with Crippen molar-refractivity contribution in [2.24, 2.45) is 0 Å². The Bertz CT molecular complexity index is 1160. The summed E-state index contributed by atoms with van der Waals surface area (Å²) in [5.74, 6) is 1.61. The van der Waals surface area contributed by atoms with Crippen molar-refractivity contribution < 1.29 is 9.31 Å². The molecule has 1 aromatic carbocycles. The Morgan fingerprint density at radius 2 is 1.26 bits per heavy atom. The van der Waals surface area contributed by atoms with Crippen LogP contribution in [-0.4, -0.2) is 18.3 Å². The van der Waals surface area contributed by atoms with Gasteiger partial charge in [-0.3, -0.25) is 0 Å². The van der Waals surface area contributed by atoms with Crippen LogP contribution in [0.2, 0.25) is 0 Å². The molecule has 1 aliphatic heterocycles. The molecular formula is C17H23BO2S11. The average molecular weight is 623 g/mol. The quantitative estimate of drug-likeness (QED) is 0.448. The van der Waals surface area contributed by atoms with E-state index >= 15 is 0 Å². The predicted molar refractivity (Wildman–Crippen MR) is 163 cm³/mol. The lowest BCUT2D eigenvalue weighted by molar-refractivity contribution is 0.00578. The third-order valence-electron chi connectivity index (χ3n) is 6.17. The molecule has 2 unspecified atom stereocenters. The van der Waals surface area contributed by atoms with Crippen molar-refractivity contribution in [3.05, 3.63) is 29.3 Å². The summed E-state index contributed by atoms with van der Waals surface area (Å²) in [4.78, 5) is 0. The van der Waals surface area contributed by atoms with Crippen molar-refractivity contribution in [1.29, 1.82) is 0 Å². The van der Waals surface area contributed by atoms with E-state index in [1.165, 1.54) is 42.5 Å². The van der Waals surface area contributed by atoms with E-state index in [0.717, 1.165) is 11.8 Å². The molecule has 2 nitrogen and oxygen atoms in total. The van der Waals surface area contributed by atoms with Crippen LogP contribution in [0.3, 0.4) is 0 Å². The van der Waals surface area contributed by atoms with Crippen LogP contribution in [0.1, 0.15) is 69.9 Å². The molecule has 172 valence electrons. The normalized spacial score (nSPS) is 23.5. The summed E-state index contributed by atoms with van der Waals surface area (Å²) in [6.07, 6.45) is 4.11. The van der Waals surface area contributed by atoms with Gasteiger partial charge in [0.05, 0.1) is 11.2 Å². The smallest absolute Gasteiger partial charge is 0.399 e. The molecule has 0 amide bonds. The Hall–Kier alpha value is 1.62. The van der Waals surface area contributed by atoms with E-state index < -0.39 is 0 Å². The Kier molecular flexibility index (Phi) is 11.0. The van der Waals surface area contributed by atoms with E-state index in [1.807, 2.05) is 0 Å². The predicted octanol–water partition coefficient (Wildman–Crippen LogP) is 3.32. The maximum atomic E-state index is 6.17. The summed E-state index contributed by atoms with van der Waals surface area (Å²) in [6.45, 7) is 8.45. The first-order valence-corrected chi connectivity index (χ1v) is 22.9. The second-order valence-corrected chi connectivity index (χ2v) is 24.2. The first kappa shape index (κ1) is 27.2.